The average Bonchev–Trinajstić information content (AvgIpc) is 2.78. The van der Waals surface area contributed by atoms with Crippen molar-refractivity contribution in [2.45, 2.75) is 78.1 Å². The first-order valence-corrected chi connectivity index (χ1v) is 17.3. The summed E-state index contributed by atoms with van der Waals surface area (Å²) < 4.78 is 12.7. The predicted octanol–water partition coefficient (Wildman–Crippen LogP) is 6.51. The van der Waals surface area contributed by atoms with E-state index in [0.717, 1.165) is 0 Å². The minimum atomic E-state index is -2.69. The van der Waals surface area contributed by atoms with Crippen LogP contribution in [0.5, 0.6) is 0 Å². The fourth-order valence-electron chi connectivity index (χ4n) is 3.91. The molecule has 0 aliphatic heterocycles. The van der Waals surface area contributed by atoms with Crippen LogP contribution in [0.3, 0.4) is 0 Å². The molecule has 36 heavy (non-hydrogen) atoms. The summed E-state index contributed by atoms with van der Waals surface area (Å²) in [6.45, 7) is 19.2. The van der Waals surface area contributed by atoms with Crippen molar-refractivity contribution >= 4 is 33.2 Å². The highest BCUT2D eigenvalue weighted by Gasteiger charge is 2.50. The third-order valence-electron chi connectivity index (χ3n) is 7.11. The van der Waals surface area contributed by atoms with E-state index in [4.69, 9.17) is 8.95 Å². The molecular weight excluding hydrogens is 484 g/mol. The number of benzene rings is 2. The molecule has 6 nitrogen and oxygen atoms in total. The van der Waals surface area contributed by atoms with Crippen LogP contribution in [0, 0.1) is 10.1 Å². The van der Waals surface area contributed by atoms with E-state index in [1.807, 2.05) is 36.4 Å². The Balaban J connectivity index is 2.36. The first-order valence-electron chi connectivity index (χ1n) is 12.4. The summed E-state index contributed by atoms with van der Waals surface area (Å²) in [5.41, 5.74) is 0.570. The van der Waals surface area contributed by atoms with E-state index < -0.39 is 21.6 Å². The Kier molecular flexibility index (Phi) is 9.61. The fourth-order valence-corrected chi connectivity index (χ4v) is 9.06. The van der Waals surface area contributed by atoms with Gasteiger partial charge >= 0.3 is 0 Å². The van der Waals surface area contributed by atoms with Crippen molar-refractivity contribution < 1.29 is 13.9 Å². The molecule has 0 spiro atoms. The van der Waals surface area contributed by atoms with E-state index in [9.17, 15) is 10.1 Å². The smallest absolute Gasteiger partial charge is 0.289 e. The number of oxime groups is 1. The largest absolute Gasteiger partial charge is 0.455 e. The SMILES string of the molecule is C/C(CCO[Si](c1ccccc1)(c1ccccc1)C(C)(C)C)=C(/C=N/O[Si](C)(C)C(C)(C)C)[N+](=O)[O-]. The van der Waals surface area contributed by atoms with Crippen LogP contribution in [0.15, 0.2) is 77.1 Å². The summed E-state index contributed by atoms with van der Waals surface area (Å²) in [5, 5.41) is 18.1. The third kappa shape index (κ3) is 6.80. The lowest BCUT2D eigenvalue weighted by molar-refractivity contribution is -0.415. The monoisotopic (exact) mass is 526 g/mol. The lowest BCUT2D eigenvalue weighted by Gasteiger charge is -2.43. The molecule has 0 aliphatic rings. The van der Waals surface area contributed by atoms with Crippen LogP contribution in [-0.2, 0) is 8.95 Å². The van der Waals surface area contributed by atoms with E-state index in [1.165, 1.54) is 16.6 Å². The van der Waals surface area contributed by atoms with Crippen molar-refractivity contribution in [1.82, 2.24) is 0 Å². The van der Waals surface area contributed by atoms with E-state index in [1.54, 1.807) is 6.92 Å². The Morgan fingerprint density at radius 1 is 0.917 bits per heavy atom. The Hall–Kier alpha value is -2.56. The summed E-state index contributed by atoms with van der Waals surface area (Å²) in [4.78, 5) is 11.4. The zero-order valence-corrected chi connectivity index (χ0v) is 25.3. The highest BCUT2D eigenvalue weighted by molar-refractivity contribution is 6.99. The summed E-state index contributed by atoms with van der Waals surface area (Å²) in [5.74, 6) is 0. The molecule has 0 aliphatic carbocycles. The lowest BCUT2D eigenvalue weighted by Crippen LogP contribution is -2.66. The van der Waals surface area contributed by atoms with Gasteiger partial charge in [-0.1, -0.05) is 102 Å². The van der Waals surface area contributed by atoms with Gasteiger partial charge in [0.1, 0.15) is 6.21 Å². The summed E-state index contributed by atoms with van der Waals surface area (Å²) in [7, 11) is -4.84. The van der Waals surface area contributed by atoms with Gasteiger partial charge in [-0.05, 0) is 46.9 Å². The highest BCUT2D eigenvalue weighted by atomic mass is 28.4. The van der Waals surface area contributed by atoms with Crippen molar-refractivity contribution in [3.05, 3.63) is 82.0 Å². The molecule has 0 fully saturated rings. The van der Waals surface area contributed by atoms with E-state index in [-0.39, 0.29) is 15.8 Å². The van der Waals surface area contributed by atoms with Crippen molar-refractivity contribution in [2.75, 3.05) is 6.61 Å². The Bertz CT molecular complexity index is 1030. The minimum absolute atomic E-state index is 0.0402. The van der Waals surface area contributed by atoms with Gasteiger partial charge in [-0.15, -0.1) is 5.16 Å². The number of nitro groups is 1. The van der Waals surface area contributed by atoms with Crippen molar-refractivity contribution in [3.8, 4) is 0 Å². The molecule has 0 saturated carbocycles. The molecule has 0 saturated heterocycles. The molecule has 0 N–H and O–H groups in total. The molecule has 0 heterocycles. The Labute approximate surface area is 218 Å². The Morgan fingerprint density at radius 2 is 1.39 bits per heavy atom. The molecule has 2 rings (SSSR count). The maximum absolute atomic E-state index is 11.8. The van der Waals surface area contributed by atoms with Gasteiger partial charge in [0.25, 0.3) is 22.3 Å². The molecule has 0 unspecified atom stereocenters. The van der Waals surface area contributed by atoms with Gasteiger partial charge in [-0.3, -0.25) is 10.1 Å². The van der Waals surface area contributed by atoms with Crippen LogP contribution in [0.25, 0.3) is 0 Å². The second-order valence-corrected chi connectivity index (χ2v) is 20.8. The molecule has 2 aromatic rings. The number of rotatable bonds is 10. The van der Waals surface area contributed by atoms with Gasteiger partial charge in [0.05, 0.1) is 4.92 Å². The van der Waals surface area contributed by atoms with Crippen molar-refractivity contribution in [3.63, 3.8) is 0 Å². The van der Waals surface area contributed by atoms with Gasteiger partial charge in [0.2, 0.25) is 0 Å². The molecule has 196 valence electrons. The van der Waals surface area contributed by atoms with Gasteiger partial charge < -0.3 is 8.95 Å². The molecule has 0 radical (unpaired) electrons. The molecule has 8 heteroatoms. The fraction of sp³-hybridized carbons (Fsp3) is 0.464. The number of hydrogen-bond donors (Lipinski definition) is 0. The van der Waals surface area contributed by atoms with Crippen molar-refractivity contribution in [1.29, 1.82) is 0 Å². The molecular formula is C28H42N2O4Si2. The van der Waals surface area contributed by atoms with E-state index in [0.29, 0.717) is 18.6 Å². The zero-order chi connectivity index (χ0) is 27.2. The lowest BCUT2D eigenvalue weighted by atomic mass is 10.2. The predicted molar refractivity (Wildman–Crippen MR) is 155 cm³/mol. The van der Waals surface area contributed by atoms with Gasteiger partial charge in [0, 0.05) is 12.2 Å². The maximum Gasteiger partial charge on any atom is 0.289 e. The number of allylic oxidation sites excluding steroid dienone is 1. The van der Waals surface area contributed by atoms with Crippen LogP contribution in [0.4, 0.5) is 0 Å². The van der Waals surface area contributed by atoms with Crippen LogP contribution in [-0.4, -0.2) is 34.4 Å². The first kappa shape index (κ1) is 29.7. The van der Waals surface area contributed by atoms with E-state index >= 15 is 0 Å². The molecule has 2 aromatic carbocycles. The normalized spacial score (nSPS) is 14.0. The van der Waals surface area contributed by atoms with Crippen LogP contribution in [0.2, 0.25) is 23.2 Å². The van der Waals surface area contributed by atoms with Crippen LogP contribution in [0.1, 0.15) is 54.9 Å². The summed E-state index contributed by atoms with van der Waals surface area (Å²) >= 11 is 0. The second kappa shape index (κ2) is 11.7. The van der Waals surface area contributed by atoms with Gasteiger partial charge in [-0.25, -0.2) is 0 Å². The summed E-state index contributed by atoms with van der Waals surface area (Å²) in [6.07, 6.45) is 1.67. The average molecular weight is 527 g/mol. The Morgan fingerprint density at radius 3 is 1.78 bits per heavy atom. The third-order valence-corrected chi connectivity index (χ3v) is 16.3. The number of nitrogens with zero attached hydrogens (tertiary/aromatic N) is 2. The topological polar surface area (TPSA) is 74.0 Å². The van der Waals surface area contributed by atoms with Gasteiger partial charge in [-0.2, -0.15) is 0 Å². The number of hydrogen-bond acceptors (Lipinski definition) is 5. The van der Waals surface area contributed by atoms with Crippen LogP contribution < -0.4 is 10.4 Å². The second-order valence-electron chi connectivity index (χ2n) is 11.8. The summed E-state index contributed by atoms with van der Waals surface area (Å²) in [6, 6.07) is 20.8. The quantitative estimate of drug-likeness (QED) is 0.153. The first-order chi connectivity index (χ1) is 16.6. The van der Waals surface area contributed by atoms with Crippen LogP contribution >= 0.6 is 0 Å². The van der Waals surface area contributed by atoms with Gasteiger partial charge in [0.15, 0.2) is 0 Å². The molecule has 0 bridgehead atoms. The zero-order valence-electron chi connectivity index (χ0n) is 23.3. The maximum atomic E-state index is 11.8. The standard InChI is InChI=1S/C28H42N2O4Si2/c1-23(26(30(31)32)22-29-34-35(8,9)27(2,3)4)20-21-33-36(28(5,6)7,24-16-12-10-13-17-24)25-18-14-11-15-19-25/h10-19,22H,20-21H2,1-9H3/b26-23+,29-22+. The highest BCUT2D eigenvalue weighted by Crippen LogP contribution is 2.37. The van der Waals surface area contributed by atoms with E-state index in [2.05, 4.69) is 84.1 Å². The van der Waals surface area contributed by atoms with Crippen molar-refractivity contribution in [2.24, 2.45) is 5.16 Å². The molecule has 0 atom stereocenters. The molecule has 0 amide bonds. The minimum Gasteiger partial charge on any atom is -0.455 e. The molecule has 0 aromatic heterocycles.